The zero-order chi connectivity index (χ0) is 31.4. The van der Waals surface area contributed by atoms with E-state index in [2.05, 4.69) is 47.3 Å². The lowest BCUT2D eigenvalue weighted by atomic mass is 9.53. The monoisotopic (exact) mass is 608 g/mol. The third kappa shape index (κ3) is 3.98. The number of hydrogen-bond acceptors (Lipinski definition) is 7. The Bertz CT molecular complexity index is 1850. The molecule has 8 rings (SSSR count). The van der Waals surface area contributed by atoms with Gasteiger partial charge in [-0.1, -0.05) is 24.8 Å². The van der Waals surface area contributed by atoms with Crippen molar-refractivity contribution < 1.29 is 29.2 Å². The summed E-state index contributed by atoms with van der Waals surface area (Å²) >= 11 is 0. The van der Waals surface area contributed by atoms with Crippen molar-refractivity contribution in [3.8, 4) is 11.5 Å². The Balaban J connectivity index is 1.35. The van der Waals surface area contributed by atoms with E-state index < -0.39 is 17.6 Å². The number of esters is 1. The number of carbonyl (C=O) groups is 1. The molecule has 1 spiro atoms. The minimum absolute atomic E-state index is 0.0572. The smallest absolute Gasteiger partial charge is 0.338 e. The second-order valence-corrected chi connectivity index (χ2v) is 13.7. The average Bonchev–Trinajstić information content (AvgIpc) is 3.60. The van der Waals surface area contributed by atoms with Crippen LogP contribution in [0.1, 0.15) is 70.6 Å². The van der Waals surface area contributed by atoms with Gasteiger partial charge in [0.2, 0.25) is 0 Å². The van der Waals surface area contributed by atoms with Crippen molar-refractivity contribution in [2.75, 3.05) is 26.8 Å². The fourth-order valence-electron chi connectivity index (χ4n) is 8.89. The van der Waals surface area contributed by atoms with E-state index in [-0.39, 0.29) is 29.8 Å². The molecule has 3 aliphatic heterocycles. The maximum atomic E-state index is 13.5. The second kappa shape index (κ2) is 10.1. The molecule has 0 amide bonds. The summed E-state index contributed by atoms with van der Waals surface area (Å²) in [6.45, 7) is 12.5. The SMILES string of the molecule is C=C(c1cc(O)c2c3c1C[C@@H]1[C@@H]4C=C[C@H](O)[C@H](O2)[C@]34CCN1C)c1c(C)c(C(=O)OC(C)C)cc2cc(C3=CCOCC3)cn12. The predicted molar refractivity (Wildman–Crippen MR) is 172 cm³/mol. The van der Waals surface area contributed by atoms with E-state index in [1.165, 1.54) is 5.57 Å². The summed E-state index contributed by atoms with van der Waals surface area (Å²) in [5, 5.41) is 22.7. The molecule has 1 aromatic carbocycles. The lowest BCUT2D eigenvalue weighted by molar-refractivity contribution is -0.0453. The molecule has 45 heavy (non-hydrogen) atoms. The molecule has 2 bridgehead atoms. The number of ether oxygens (including phenoxy) is 3. The van der Waals surface area contributed by atoms with Gasteiger partial charge >= 0.3 is 5.97 Å². The number of likely N-dealkylation sites (N-methyl/N-ethyl adjacent to an activating group) is 1. The van der Waals surface area contributed by atoms with Gasteiger partial charge in [0, 0.05) is 34.7 Å². The number of piperidine rings is 1. The Morgan fingerprint density at radius 2 is 2.02 bits per heavy atom. The number of pyridine rings is 1. The number of phenolic OH excluding ortho intramolecular Hbond substituents is 1. The van der Waals surface area contributed by atoms with Gasteiger partial charge < -0.3 is 33.7 Å². The maximum absolute atomic E-state index is 13.5. The molecule has 0 unspecified atom stereocenters. The molecule has 0 radical (unpaired) electrons. The summed E-state index contributed by atoms with van der Waals surface area (Å²) in [4.78, 5) is 15.9. The molecule has 234 valence electrons. The van der Waals surface area contributed by atoms with Gasteiger partial charge in [0.15, 0.2) is 11.5 Å². The van der Waals surface area contributed by atoms with Crippen molar-refractivity contribution >= 4 is 22.6 Å². The van der Waals surface area contributed by atoms with Crippen LogP contribution in [0.5, 0.6) is 11.5 Å². The van der Waals surface area contributed by atoms with E-state index in [9.17, 15) is 15.0 Å². The van der Waals surface area contributed by atoms with Crippen LogP contribution >= 0.6 is 0 Å². The fraction of sp³-hybridized carbons (Fsp3) is 0.432. The molecule has 5 aliphatic rings. The third-order valence-electron chi connectivity index (χ3n) is 10.9. The highest BCUT2D eigenvalue weighted by molar-refractivity contribution is 5.96. The zero-order valence-corrected chi connectivity index (χ0v) is 26.3. The standard InChI is InChI=1S/C37H40N2O6/c1-19(2)44-36(42)26-15-24-14-23(22-8-12-43-13-9-22)18-39(24)33(21(26)4)20(3)25-17-31(41)34-32-27(25)16-29-28-6-7-30(40)35(45-34)37(28,32)10-11-38(29)5/h6-8,14-15,17-19,28-30,35,40-41H,3,9-13,16H2,1-2,4-5H3/t28-,29+,30-,35-,37-/m0/s1. The third-order valence-corrected chi connectivity index (χ3v) is 10.9. The molecule has 5 atom stereocenters. The number of hydrogen-bond donors (Lipinski definition) is 2. The molecular formula is C37H40N2O6. The van der Waals surface area contributed by atoms with Gasteiger partial charge in [-0.05, 0) is 105 Å². The lowest BCUT2D eigenvalue weighted by Crippen LogP contribution is -2.64. The van der Waals surface area contributed by atoms with E-state index in [0.717, 1.165) is 70.4 Å². The number of nitrogens with zero attached hydrogens (tertiary/aromatic N) is 2. The normalized spacial score (nSPS) is 28.2. The maximum Gasteiger partial charge on any atom is 0.338 e. The van der Waals surface area contributed by atoms with E-state index in [1.807, 2.05) is 32.9 Å². The van der Waals surface area contributed by atoms with Crippen molar-refractivity contribution in [1.29, 1.82) is 0 Å². The molecule has 0 saturated carbocycles. The summed E-state index contributed by atoms with van der Waals surface area (Å²) in [7, 11) is 2.17. The number of aliphatic hydroxyl groups excluding tert-OH is 1. The molecular weight excluding hydrogens is 568 g/mol. The largest absolute Gasteiger partial charge is 0.504 e. The van der Waals surface area contributed by atoms with Gasteiger partial charge in [0.05, 0.1) is 30.6 Å². The molecule has 2 aliphatic carbocycles. The number of likely N-dealkylation sites (tertiary alicyclic amines) is 1. The number of aliphatic hydroxyl groups is 1. The molecule has 5 heterocycles. The summed E-state index contributed by atoms with van der Waals surface area (Å²) in [6.07, 6.45) is 9.22. The van der Waals surface area contributed by atoms with Crippen molar-refractivity contribution in [1.82, 2.24) is 9.30 Å². The number of carbonyl (C=O) groups excluding carboxylic acids is 1. The highest BCUT2D eigenvalue weighted by atomic mass is 16.5. The van der Waals surface area contributed by atoms with E-state index in [1.54, 1.807) is 6.07 Å². The van der Waals surface area contributed by atoms with Crippen LogP contribution in [-0.4, -0.2) is 76.6 Å². The first-order valence-corrected chi connectivity index (χ1v) is 16.1. The highest BCUT2D eigenvalue weighted by Gasteiger charge is 2.64. The quantitative estimate of drug-likeness (QED) is 0.304. The number of phenols is 1. The average molecular weight is 609 g/mol. The van der Waals surface area contributed by atoms with E-state index in [0.29, 0.717) is 24.5 Å². The van der Waals surface area contributed by atoms with Gasteiger partial charge in [0.25, 0.3) is 0 Å². The number of aromatic hydroxyl groups is 1. The molecule has 8 nitrogen and oxygen atoms in total. The first-order chi connectivity index (χ1) is 21.6. The van der Waals surface area contributed by atoms with Crippen LogP contribution in [0.15, 0.2) is 49.2 Å². The first-order valence-electron chi connectivity index (χ1n) is 16.1. The van der Waals surface area contributed by atoms with Crippen LogP contribution < -0.4 is 4.74 Å². The predicted octanol–water partition coefficient (Wildman–Crippen LogP) is 5.19. The topological polar surface area (TPSA) is 92.9 Å². The number of fused-ring (bicyclic) bond motifs is 1. The van der Waals surface area contributed by atoms with Gasteiger partial charge in [-0.25, -0.2) is 4.79 Å². The fourth-order valence-corrected chi connectivity index (χ4v) is 8.89. The van der Waals surface area contributed by atoms with Crippen LogP contribution in [0.4, 0.5) is 0 Å². The summed E-state index contributed by atoms with van der Waals surface area (Å²) < 4.78 is 19.8. The Labute approximate surface area is 263 Å². The van der Waals surface area contributed by atoms with Crippen molar-refractivity contribution in [2.45, 2.75) is 69.8 Å². The Kier molecular flexibility index (Phi) is 6.41. The number of rotatable bonds is 5. The van der Waals surface area contributed by atoms with Crippen LogP contribution in [0.25, 0.3) is 16.7 Å². The molecule has 2 aromatic heterocycles. The summed E-state index contributed by atoms with van der Waals surface area (Å²) in [5.41, 5.74) is 8.49. The zero-order valence-electron chi connectivity index (χ0n) is 26.3. The molecule has 8 heteroatoms. The summed E-state index contributed by atoms with van der Waals surface area (Å²) in [6, 6.07) is 6.01. The summed E-state index contributed by atoms with van der Waals surface area (Å²) in [5.74, 6) is 0.348. The van der Waals surface area contributed by atoms with Gasteiger partial charge in [-0.15, -0.1) is 0 Å². The van der Waals surface area contributed by atoms with Crippen LogP contribution in [0.2, 0.25) is 0 Å². The number of aromatic nitrogens is 1. The Hall–Kier alpha value is -3.85. The molecule has 3 aromatic rings. The Morgan fingerprint density at radius 3 is 2.78 bits per heavy atom. The van der Waals surface area contributed by atoms with E-state index in [4.69, 9.17) is 14.2 Å². The van der Waals surface area contributed by atoms with Gasteiger partial charge in [-0.3, -0.25) is 0 Å². The van der Waals surface area contributed by atoms with Crippen molar-refractivity contribution in [3.05, 3.63) is 88.3 Å². The molecule has 1 saturated heterocycles. The molecule has 2 N–H and O–H groups in total. The second-order valence-electron chi connectivity index (χ2n) is 13.7. The molecule has 1 fully saturated rings. The van der Waals surface area contributed by atoms with E-state index >= 15 is 0 Å². The van der Waals surface area contributed by atoms with Crippen molar-refractivity contribution in [2.24, 2.45) is 5.92 Å². The van der Waals surface area contributed by atoms with Crippen LogP contribution in [-0.2, 0) is 21.3 Å². The van der Waals surface area contributed by atoms with Crippen LogP contribution in [0, 0.1) is 12.8 Å². The van der Waals surface area contributed by atoms with Crippen LogP contribution in [0.3, 0.4) is 0 Å². The lowest BCUT2D eigenvalue weighted by Gasteiger charge is -2.56. The first kappa shape index (κ1) is 28.6. The minimum Gasteiger partial charge on any atom is -0.504 e. The highest BCUT2D eigenvalue weighted by Crippen LogP contribution is 2.63. The van der Waals surface area contributed by atoms with Crippen molar-refractivity contribution in [3.63, 3.8) is 0 Å². The Morgan fingerprint density at radius 1 is 1.20 bits per heavy atom. The van der Waals surface area contributed by atoms with Gasteiger partial charge in [-0.2, -0.15) is 0 Å². The number of benzene rings is 1. The van der Waals surface area contributed by atoms with Gasteiger partial charge in [0.1, 0.15) is 12.2 Å². The minimum atomic E-state index is -0.752.